The molecule has 1 heterocycles. The Morgan fingerprint density at radius 1 is 0.880 bits per heavy atom. The Balaban J connectivity index is 1.46. The molecule has 0 unspecified atom stereocenters. The highest BCUT2D eigenvalue weighted by Crippen LogP contribution is 2.41. The van der Waals surface area contributed by atoms with Crippen LogP contribution >= 0.6 is 11.3 Å². The molecular weight excluding hydrogens is 327 g/mol. The van der Waals surface area contributed by atoms with Gasteiger partial charge in [0.25, 0.3) is 0 Å². The molecule has 2 heteroatoms. The second-order valence-corrected chi connectivity index (χ2v) is 8.53. The number of hydrogen-bond donors (Lipinski definition) is 0. The number of hydrogen-bond acceptors (Lipinski definition) is 1. The molecule has 1 fully saturated rings. The third-order valence-corrected chi connectivity index (χ3v) is 6.79. The molecule has 3 aromatic rings. The van der Waals surface area contributed by atoms with Crippen molar-refractivity contribution in [3.63, 3.8) is 0 Å². The zero-order chi connectivity index (χ0) is 17.2. The minimum absolute atomic E-state index is 0.135. The van der Waals surface area contributed by atoms with E-state index in [0.29, 0.717) is 11.8 Å². The first-order valence-corrected chi connectivity index (χ1v) is 10.3. The standard InChI is InChI=1S/C23H25FS/c1-2-3-22-14-20-9-8-19(15-23(20)25-22)18-6-4-16(5-7-18)17-10-12-21(24)13-11-17/h8-16,18H,2-7H2,1H3. The molecule has 130 valence electrons. The van der Waals surface area contributed by atoms with E-state index in [1.165, 1.54) is 64.6 Å². The van der Waals surface area contributed by atoms with Crippen molar-refractivity contribution in [2.75, 3.05) is 0 Å². The number of halogens is 1. The molecule has 1 aliphatic rings. The Kier molecular flexibility index (Phi) is 4.89. The molecule has 25 heavy (non-hydrogen) atoms. The van der Waals surface area contributed by atoms with Crippen LogP contribution in [0.3, 0.4) is 0 Å². The highest BCUT2D eigenvalue weighted by molar-refractivity contribution is 7.19. The topological polar surface area (TPSA) is 0 Å². The summed E-state index contributed by atoms with van der Waals surface area (Å²) in [7, 11) is 0. The fourth-order valence-electron chi connectivity index (χ4n) is 4.22. The normalized spacial score (nSPS) is 20.9. The van der Waals surface area contributed by atoms with Crippen LogP contribution in [-0.2, 0) is 6.42 Å². The second-order valence-electron chi connectivity index (χ2n) is 7.36. The maximum Gasteiger partial charge on any atom is 0.123 e. The maximum atomic E-state index is 13.1. The van der Waals surface area contributed by atoms with Crippen LogP contribution in [0.25, 0.3) is 10.1 Å². The summed E-state index contributed by atoms with van der Waals surface area (Å²) in [5, 5.41) is 1.40. The first-order valence-electron chi connectivity index (χ1n) is 9.50. The molecule has 0 bridgehead atoms. The average Bonchev–Trinajstić information content (AvgIpc) is 3.04. The van der Waals surface area contributed by atoms with Crippen LogP contribution in [0.2, 0.25) is 0 Å². The monoisotopic (exact) mass is 352 g/mol. The third kappa shape index (κ3) is 3.64. The van der Waals surface area contributed by atoms with Crippen molar-refractivity contribution in [3.8, 4) is 0 Å². The molecule has 0 saturated heterocycles. The van der Waals surface area contributed by atoms with Gasteiger partial charge >= 0.3 is 0 Å². The van der Waals surface area contributed by atoms with Gasteiger partial charge in [0.1, 0.15) is 5.82 Å². The number of benzene rings is 2. The quantitative estimate of drug-likeness (QED) is 0.458. The zero-order valence-electron chi connectivity index (χ0n) is 14.8. The fraction of sp³-hybridized carbons (Fsp3) is 0.391. The van der Waals surface area contributed by atoms with Gasteiger partial charge in [0.15, 0.2) is 0 Å². The van der Waals surface area contributed by atoms with Gasteiger partial charge in [0.05, 0.1) is 0 Å². The van der Waals surface area contributed by atoms with Crippen LogP contribution in [-0.4, -0.2) is 0 Å². The van der Waals surface area contributed by atoms with Crippen LogP contribution in [0.4, 0.5) is 4.39 Å². The summed E-state index contributed by atoms with van der Waals surface area (Å²) >= 11 is 1.96. The van der Waals surface area contributed by atoms with E-state index in [1.807, 2.05) is 23.5 Å². The molecule has 1 saturated carbocycles. The molecule has 1 aliphatic carbocycles. The summed E-state index contributed by atoms with van der Waals surface area (Å²) < 4.78 is 14.6. The van der Waals surface area contributed by atoms with Gasteiger partial charge in [-0.05, 0) is 84.7 Å². The van der Waals surface area contributed by atoms with Crippen molar-refractivity contribution in [1.29, 1.82) is 0 Å². The molecule has 0 radical (unpaired) electrons. The molecule has 0 amide bonds. The van der Waals surface area contributed by atoms with Gasteiger partial charge in [-0.15, -0.1) is 11.3 Å². The Bertz CT molecular complexity index is 838. The Morgan fingerprint density at radius 2 is 1.52 bits per heavy atom. The smallest absolute Gasteiger partial charge is 0.123 e. The van der Waals surface area contributed by atoms with Gasteiger partial charge in [0.2, 0.25) is 0 Å². The Hall–Kier alpha value is -1.67. The van der Waals surface area contributed by atoms with E-state index in [1.54, 1.807) is 12.1 Å². The van der Waals surface area contributed by atoms with Crippen molar-refractivity contribution in [2.45, 2.75) is 57.3 Å². The average molecular weight is 353 g/mol. The van der Waals surface area contributed by atoms with E-state index in [4.69, 9.17) is 0 Å². The lowest BCUT2D eigenvalue weighted by atomic mass is 9.76. The van der Waals surface area contributed by atoms with E-state index in [9.17, 15) is 4.39 Å². The molecule has 0 nitrogen and oxygen atoms in total. The van der Waals surface area contributed by atoms with Crippen LogP contribution < -0.4 is 0 Å². The molecule has 0 N–H and O–H groups in total. The van der Waals surface area contributed by atoms with Gasteiger partial charge in [-0.25, -0.2) is 4.39 Å². The van der Waals surface area contributed by atoms with Gasteiger partial charge in [-0.3, -0.25) is 0 Å². The van der Waals surface area contributed by atoms with Crippen LogP contribution in [0.15, 0.2) is 48.5 Å². The molecule has 4 rings (SSSR count). The largest absolute Gasteiger partial charge is 0.207 e. The van der Waals surface area contributed by atoms with E-state index >= 15 is 0 Å². The summed E-state index contributed by atoms with van der Waals surface area (Å²) in [4.78, 5) is 1.51. The number of fused-ring (bicyclic) bond motifs is 1. The van der Waals surface area contributed by atoms with Crippen molar-refractivity contribution < 1.29 is 4.39 Å². The Morgan fingerprint density at radius 3 is 2.20 bits per heavy atom. The van der Waals surface area contributed by atoms with Crippen molar-refractivity contribution >= 4 is 21.4 Å². The lowest BCUT2D eigenvalue weighted by Crippen LogP contribution is -2.12. The lowest BCUT2D eigenvalue weighted by Gasteiger charge is -2.29. The number of aryl methyl sites for hydroxylation is 1. The molecular formula is C23H25FS. The summed E-state index contributed by atoms with van der Waals surface area (Å²) in [6.45, 7) is 2.25. The SMILES string of the molecule is CCCc1cc2ccc(C3CCC(c4ccc(F)cc4)CC3)cc2s1. The van der Waals surface area contributed by atoms with E-state index in [0.717, 1.165) is 0 Å². The van der Waals surface area contributed by atoms with Crippen LogP contribution in [0, 0.1) is 5.82 Å². The van der Waals surface area contributed by atoms with Crippen molar-refractivity contribution in [2.24, 2.45) is 0 Å². The molecule has 0 spiro atoms. The van der Waals surface area contributed by atoms with Gasteiger partial charge < -0.3 is 0 Å². The van der Waals surface area contributed by atoms with Gasteiger partial charge in [-0.1, -0.05) is 37.6 Å². The highest BCUT2D eigenvalue weighted by Gasteiger charge is 2.23. The minimum atomic E-state index is -0.135. The minimum Gasteiger partial charge on any atom is -0.207 e. The number of rotatable bonds is 4. The van der Waals surface area contributed by atoms with Gasteiger partial charge in [0, 0.05) is 9.58 Å². The molecule has 1 aromatic heterocycles. The predicted octanol–water partition coefficient (Wildman–Crippen LogP) is 7.43. The summed E-state index contributed by atoms with van der Waals surface area (Å²) in [6, 6.07) is 16.6. The van der Waals surface area contributed by atoms with E-state index < -0.39 is 0 Å². The number of thiophene rings is 1. The van der Waals surface area contributed by atoms with Crippen molar-refractivity contribution in [1.82, 2.24) is 0 Å². The second kappa shape index (κ2) is 7.29. The van der Waals surface area contributed by atoms with E-state index in [-0.39, 0.29) is 5.82 Å². The summed E-state index contributed by atoms with van der Waals surface area (Å²) in [6.07, 6.45) is 7.30. The first-order chi connectivity index (χ1) is 12.2. The predicted molar refractivity (Wildman–Crippen MR) is 106 cm³/mol. The molecule has 2 aromatic carbocycles. The fourth-order valence-corrected chi connectivity index (χ4v) is 5.44. The maximum absolute atomic E-state index is 13.1. The highest BCUT2D eigenvalue weighted by atomic mass is 32.1. The van der Waals surface area contributed by atoms with E-state index in [2.05, 4.69) is 31.2 Å². The first kappa shape index (κ1) is 16.8. The summed E-state index contributed by atoms with van der Waals surface area (Å²) in [5.74, 6) is 1.14. The van der Waals surface area contributed by atoms with Gasteiger partial charge in [-0.2, -0.15) is 0 Å². The summed E-state index contributed by atoms with van der Waals surface area (Å²) in [5.41, 5.74) is 2.81. The van der Waals surface area contributed by atoms with Crippen LogP contribution in [0.5, 0.6) is 0 Å². The molecule has 0 aliphatic heterocycles. The lowest BCUT2D eigenvalue weighted by molar-refractivity contribution is 0.396. The van der Waals surface area contributed by atoms with Crippen LogP contribution in [0.1, 0.15) is 66.9 Å². The molecule has 0 atom stereocenters. The Labute approximate surface area is 153 Å². The zero-order valence-corrected chi connectivity index (χ0v) is 15.6. The van der Waals surface area contributed by atoms with Crippen molar-refractivity contribution in [3.05, 3.63) is 70.4 Å². The third-order valence-electron chi connectivity index (χ3n) is 5.63.